The van der Waals surface area contributed by atoms with E-state index in [-0.39, 0.29) is 4.69 Å². The monoisotopic (exact) mass is 234 g/mol. The van der Waals surface area contributed by atoms with Gasteiger partial charge in [-0.1, -0.05) is 33.6 Å². The van der Waals surface area contributed by atoms with Crippen LogP contribution in [0.5, 0.6) is 0 Å². The van der Waals surface area contributed by atoms with E-state index in [2.05, 4.69) is 36.7 Å². The van der Waals surface area contributed by atoms with Crippen LogP contribution in [0.1, 0.15) is 52.9 Å². The summed E-state index contributed by atoms with van der Waals surface area (Å²) in [7, 11) is 0. The second-order valence-corrected chi connectivity index (χ2v) is 5.36. The molecule has 0 bridgehead atoms. The van der Waals surface area contributed by atoms with Gasteiger partial charge in [-0.2, -0.15) is 0 Å². The zero-order chi connectivity index (χ0) is 9.61. The molecule has 0 rings (SSSR count). The van der Waals surface area contributed by atoms with Crippen LogP contribution in [-0.2, 0) is 4.79 Å². The Hall–Kier alpha value is 0.150. The summed E-state index contributed by atoms with van der Waals surface area (Å²) < 4.78 is 0.137. The average molecular weight is 235 g/mol. The molecule has 72 valence electrons. The maximum absolute atomic E-state index is 10.5. The van der Waals surface area contributed by atoms with Crippen LogP contribution in [0.25, 0.3) is 0 Å². The average Bonchev–Trinajstić information content (AvgIpc) is 1.83. The Bertz CT molecular complexity index is 135. The molecule has 0 saturated heterocycles. The molecule has 0 fully saturated rings. The number of carbonyl (C=O) groups excluding carboxylic acids is 1. The van der Waals surface area contributed by atoms with Gasteiger partial charge in [0.1, 0.15) is 0 Å². The molecule has 0 aromatic rings. The fourth-order valence-corrected chi connectivity index (χ4v) is 1.38. The first-order chi connectivity index (χ1) is 5.42. The van der Waals surface area contributed by atoms with Crippen molar-refractivity contribution in [2.24, 2.45) is 5.41 Å². The molecule has 0 aliphatic heterocycles. The second kappa shape index (κ2) is 5.74. The van der Waals surface area contributed by atoms with Gasteiger partial charge >= 0.3 is 0 Å². The summed E-state index contributed by atoms with van der Waals surface area (Å²) in [5.74, 6) is 0. The number of unbranched alkanes of at least 4 members (excludes halogenated alkanes) is 2. The molecule has 0 amide bonds. The maximum Gasteiger partial charge on any atom is 0.197 e. The van der Waals surface area contributed by atoms with Gasteiger partial charge in [0.05, 0.1) is 0 Å². The molecule has 1 nitrogen and oxygen atoms in total. The third-order valence-corrected chi connectivity index (χ3v) is 2.20. The predicted octanol–water partition coefficient (Wildman–Crippen LogP) is 3.90. The Balaban J connectivity index is 3.17. The summed E-state index contributed by atoms with van der Waals surface area (Å²) in [6, 6.07) is 0. The van der Waals surface area contributed by atoms with E-state index in [1.807, 2.05) is 0 Å². The van der Waals surface area contributed by atoms with E-state index >= 15 is 0 Å². The Labute approximate surface area is 84.1 Å². The minimum Gasteiger partial charge on any atom is -0.287 e. The molecule has 0 unspecified atom stereocenters. The lowest BCUT2D eigenvalue weighted by Crippen LogP contribution is -2.03. The predicted molar refractivity (Wildman–Crippen MR) is 56.5 cm³/mol. The van der Waals surface area contributed by atoms with Gasteiger partial charge in [0.2, 0.25) is 0 Å². The highest BCUT2D eigenvalue weighted by atomic mass is 79.9. The fraction of sp³-hybridized carbons (Fsp3) is 0.900. The Morgan fingerprint density at radius 3 is 2.17 bits per heavy atom. The van der Waals surface area contributed by atoms with Crippen LogP contribution < -0.4 is 0 Å². The highest BCUT2D eigenvalue weighted by Gasteiger charge is 2.08. The minimum atomic E-state index is 0.137. The minimum absolute atomic E-state index is 0.137. The van der Waals surface area contributed by atoms with Crippen molar-refractivity contribution in [1.82, 2.24) is 0 Å². The number of halogens is 1. The molecule has 0 aromatic carbocycles. The first kappa shape index (κ1) is 12.2. The van der Waals surface area contributed by atoms with Crippen molar-refractivity contribution in [2.75, 3.05) is 0 Å². The maximum atomic E-state index is 10.5. The van der Waals surface area contributed by atoms with Gasteiger partial charge in [-0.25, -0.2) is 0 Å². The van der Waals surface area contributed by atoms with Gasteiger partial charge < -0.3 is 0 Å². The van der Waals surface area contributed by atoms with Crippen LogP contribution in [0.15, 0.2) is 0 Å². The Morgan fingerprint density at radius 1 is 1.17 bits per heavy atom. The normalized spacial score (nSPS) is 11.7. The van der Waals surface area contributed by atoms with Crippen LogP contribution in [0.2, 0.25) is 0 Å². The lowest BCUT2D eigenvalue weighted by molar-refractivity contribution is -0.110. The van der Waals surface area contributed by atoms with Crippen molar-refractivity contribution in [2.45, 2.75) is 52.9 Å². The molecule has 0 radical (unpaired) electrons. The van der Waals surface area contributed by atoms with E-state index in [1.165, 1.54) is 19.3 Å². The summed E-state index contributed by atoms with van der Waals surface area (Å²) in [5.41, 5.74) is 0.443. The lowest BCUT2D eigenvalue weighted by Gasteiger charge is -2.17. The van der Waals surface area contributed by atoms with E-state index in [0.717, 1.165) is 6.42 Å². The topological polar surface area (TPSA) is 17.1 Å². The summed E-state index contributed by atoms with van der Waals surface area (Å²) in [5, 5.41) is 0. The van der Waals surface area contributed by atoms with Crippen molar-refractivity contribution < 1.29 is 4.79 Å². The van der Waals surface area contributed by atoms with Gasteiger partial charge in [0.25, 0.3) is 0 Å². The molecule has 0 saturated carbocycles. The van der Waals surface area contributed by atoms with Crippen molar-refractivity contribution >= 4 is 20.6 Å². The van der Waals surface area contributed by atoms with E-state index < -0.39 is 0 Å². The van der Waals surface area contributed by atoms with Crippen LogP contribution in [0.4, 0.5) is 0 Å². The summed E-state index contributed by atoms with van der Waals surface area (Å²) in [6.45, 7) is 6.76. The van der Waals surface area contributed by atoms with Crippen molar-refractivity contribution in [1.29, 1.82) is 0 Å². The van der Waals surface area contributed by atoms with E-state index in [1.54, 1.807) is 0 Å². The summed E-state index contributed by atoms with van der Waals surface area (Å²) in [4.78, 5) is 10.5. The van der Waals surface area contributed by atoms with E-state index in [0.29, 0.717) is 11.8 Å². The quantitative estimate of drug-likeness (QED) is 0.521. The molecular formula is C10H19BrO. The molecule has 0 aliphatic rings. The first-order valence-corrected chi connectivity index (χ1v) is 5.39. The van der Waals surface area contributed by atoms with Crippen LogP contribution in [0, 0.1) is 5.41 Å². The molecular weight excluding hydrogens is 216 g/mol. The van der Waals surface area contributed by atoms with Crippen LogP contribution in [-0.4, -0.2) is 4.69 Å². The number of hydrogen-bond acceptors (Lipinski definition) is 1. The molecule has 0 atom stereocenters. The number of hydrogen-bond donors (Lipinski definition) is 0. The largest absolute Gasteiger partial charge is 0.287 e. The van der Waals surface area contributed by atoms with Crippen LogP contribution >= 0.6 is 15.9 Å². The zero-order valence-electron chi connectivity index (χ0n) is 8.32. The van der Waals surface area contributed by atoms with Gasteiger partial charge in [-0.3, -0.25) is 4.79 Å². The lowest BCUT2D eigenvalue weighted by atomic mass is 9.89. The molecule has 0 aromatic heterocycles. The van der Waals surface area contributed by atoms with E-state index in [4.69, 9.17) is 0 Å². The smallest absolute Gasteiger partial charge is 0.197 e. The van der Waals surface area contributed by atoms with Gasteiger partial charge in [-0.05, 0) is 34.2 Å². The van der Waals surface area contributed by atoms with Crippen molar-refractivity contribution in [3.05, 3.63) is 0 Å². The molecule has 2 heteroatoms. The SMILES string of the molecule is CC(C)(C)CCCCCC(=O)Br. The zero-order valence-corrected chi connectivity index (χ0v) is 9.91. The van der Waals surface area contributed by atoms with Crippen molar-refractivity contribution in [3.8, 4) is 0 Å². The highest BCUT2D eigenvalue weighted by molar-refractivity contribution is 9.18. The van der Waals surface area contributed by atoms with Gasteiger partial charge in [0.15, 0.2) is 4.69 Å². The first-order valence-electron chi connectivity index (χ1n) is 4.60. The standard InChI is InChI=1S/C10H19BrO/c1-10(2,3)8-6-4-5-7-9(11)12/h4-8H2,1-3H3. The number of rotatable bonds is 5. The Morgan fingerprint density at radius 2 is 1.75 bits per heavy atom. The molecule has 0 spiro atoms. The van der Waals surface area contributed by atoms with E-state index in [9.17, 15) is 4.79 Å². The van der Waals surface area contributed by atoms with Crippen molar-refractivity contribution in [3.63, 3.8) is 0 Å². The number of carbonyl (C=O) groups is 1. The molecule has 0 heterocycles. The summed E-state index contributed by atoms with van der Waals surface area (Å²) >= 11 is 2.93. The fourth-order valence-electron chi connectivity index (χ4n) is 1.10. The molecule has 12 heavy (non-hydrogen) atoms. The molecule has 0 aliphatic carbocycles. The van der Waals surface area contributed by atoms with Crippen LogP contribution in [0.3, 0.4) is 0 Å². The third-order valence-electron chi connectivity index (χ3n) is 1.80. The van der Waals surface area contributed by atoms with Gasteiger partial charge in [0, 0.05) is 6.42 Å². The van der Waals surface area contributed by atoms with Gasteiger partial charge in [-0.15, -0.1) is 0 Å². The Kier molecular flexibility index (Phi) is 5.81. The summed E-state index contributed by atoms with van der Waals surface area (Å²) in [6.07, 6.45) is 5.38. The second-order valence-electron chi connectivity index (χ2n) is 4.48. The highest BCUT2D eigenvalue weighted by Crippen LogP contribution is 2.22. The third kappa shape index (κ3) is 10.2. The molecule has 0 N–H and O–H groups in total.